The predicted molar refractivity (Wildman–Crippen MR) is 155 cm³/mol. The molecule has 2 aliphatic rings. The third kappa shape index (κ3) is 5.88. The van der Waals surface area contributed by atoms with Crippen molar-refractivity contribution in [2.75, 3.05) is 16.8 Å². The monoisotopic (exact) mass is 609 g/mol. The van der Waals surface area contributed by atoms with E-state index < -0.39 is 54.0 Å². The van der Waals surface area contributed by atoms with Crippen LogP contribution in [0, 0.1) is 5.92 Å². The molecule has 1 aromatic heterocycles. The van der Waals surface area contributed by atoms with E-state index >= 15 is 0 Å². The van der Waals surface area contributed by atoms with Gasteiger partial charge in [-0.3, -0.25) is 19.2 Å². The van der Waals surface area contributed by atoms with Crippen molar-refractivity contribution >= 4 is 28.9 Å². The number of para-hydroxylation sites is 1. The lowest BCUT2D eigenvalue weighted by atomic mass is 9.82. The van der Waals surface area contributed by atoms with Crippen molar-refractivity contribution in [3.05, 3.63) is 78.1 Å². The van der Waals surface area contributed by atoms with Crippen LogP contribution in [0.4, 0.5) is 17.1 Å². The van der Waals surface area contributed by atoms with Crippen LogP contribution in [-0.2, 0) is 32.9 Å². The second-order valence-corrected chi connectivity index (χ2v) is 10.8. The number of carbonyl (C=O) groups is 2. The number of allylic oxidation sites excluding steroid dienone is 1. The first-order valence-electron chi connectivity index (χ1n) is 14.2. The number of nitrogens with one attached hydrogen (secondary N) is 1. The maximum absolute atomic E-state index is 14.0. The van der Waals surface area contributed by atoms with Gasteiger partial charge in [0.05, 0.1) is 11.4 Å². The van der Waals surface area contributed by atoms with Crippen molar-refractivity contribution in [3.63, 3.8) is 0 Å². The number of hydrogen-bond acceptors (Lipinski definition) is 11. The molecule has 14 nitrogen and oxygen atoms in total. The molecule has 0 aliphatic carbocycles. The molecule has 2 amide bonds. The van der Waals surface area contributed by atoms with E-state index in [1.165, 1.54) is 17.0 Å². The summed E-state index contributed by atoms with van der Waals surface area (Å²) in [6, 6.07) is 13.3. The lowest BCUT2D eigenvalue weighted by molar-refractivity contribution is -0.274. The molecule has 234 valence electrons. The summed E-state index contributed by atoms with van der Waals surface area (Å²) in [4.78, 5) is 28.3. The van der Waals surface area contributed by atoms with Gasteiger partial charge in [-0.1, -0.05) is 42.5 Å². The van der Waals surface area contributed by atoms with Crippen molar-refractivity contribution in [1.82, 2.24) is 15.0 Å². The molecule has 5 rings (SSSR count). The summed E-state index contributed by atoms with van der Waals surface area (Å²) in [5.41, 5.74) is -0.0301. The van der Waals surface area contributed by atoms with Crippen molar-refractivity contribution in [2.24, 2.45) is 5.92 Å². The lowest BCUT2D eigenvalue weighted by Crippen LogP contribution is -2.60. The number of hydrogen-bond donors (Lipinski definition) is 7. The summed E-state index contributed by atoms with van der Waals surface area (Å²) in [6.45, 7) is 2.17. The van der Waals surface area contributed by atoms with Crippen LogP contribution in [-0.4, -0.2) is 94.8 Å². The second-order valence-electron chi connectivity index (χ2n) is 10.8. The normalized spacial score (nSPS) is 27.5. The number of anilines is 3. The van der Waals surface area contributed by atoms with Gasteiger partial charge in [0.25, 0.3) is 11.8 Å². The van der Waals surface area contributed by atoms with E-state index in [9.17, 15) is 35.1 Å². The number of nitrogens with zero attached hydrogens (tertiary/aromatic N) is 4. The predicted octanol–water partition coefficient (Wildman–Crippen LogP) is -0.300. The number of benzene rings is 2. The summed E-state index contributed by atoms with van der Waals surface area (Å²) in [5, 5.41) is 71.5. The maximum Gasteiger partial charge on any atom is 0.268 e. The van der Waals surface area contributed by atoms with Crippen LogP contribution in [0.5, 0.6) is 0 Å². The molecule has 0 unspecified atom stereocenters. The smallest absolute Gasteiger partial charge is 0.268 e. The number of ether oxygens (including phenoxy) is 1. The average Bonchev–Trinajstić information content (AvgIpc) is 3.56. The van der Waals surface area contributed by atoms with E-state index in [0.29, 0.717) is 36.5 Å². The van der Waals surface area contributed by atoms with Crippen molar-refractivity contribution in [2.45, 2.75) is 62.6 Å². The van der Waals surface area contributed by atoms with Crippen LogP contribution >= 0.6 is 0 Å². The Kier molecular flexibility index (Phi) is 9.22. The molecular formula is C30H35N5O9. The molecule has 3 heterocycles. The Hall–Kier alpha value is -4.02. The molecule has 7 N–H and O–H groups in total. The van der Waals surface area contributed by atoms with Crippen LogP contribution in [0.3, 0.4) is 0 Å². The van der Waals surface area contributed by atoms with Gasteiger partial charge in [0, 0.05) is 48.6 Å². The molecule has 0 saturated carbocycles. The SMILES string of the molecule is C[C@H](/C=C/CCn1cc(CCO)nn1)[C@@]1(O)C(=O)N(c2ccccc2)c2ccc(NC(=O)[C@H]3O[C@@H](O)[C@H](O)[C@@H](O)[C@@H]3O)cc21. The quantitative estimate of drug-likeness (QED) is 0.148. The minimum absolute atomic E-state index is 0.0255. The first-order chi connectivity index (χ1) is 21.1. The number of aryl methyl sites for hydroxylation is 1. The van der Waals surface area contributed by atoms with Gasteiger partial charge in [0.2, 0.25) is 0 Å². The number of aromatic nitrogens is 3. The summed E-state index contributed by atoms with van der Waals surface area (Å²) in [7, 11) is 0. The Bertz CT molecular complexity index is 1520. The second kappa shape index (κ2) is 12.9. The molecule has 2 aliphatic heterocycles. The zero-order valence-electron chi connectivity index (χ0n) is 23.8. The highest BCUT2D eigenvalue weighted by Gasteiger charge is 2.53. The summed E-state index contributed by atoms with van der Waals surface area (Å²) in [6.07, 6.45) is -2.81. The van der Waals surface area contributed by atoms with Gasteiger partial charge in [0.1, 0.15) is 18.3 Å². The van der Waals surface area contributed by atoms with Crippen molar-refractivity contribution < 1.29 is 45.0 Å². The topological polar surface area (TPSA) is 211 Å². The Morgan fingerprint density at radius 1 is 1.11 bits per heavy atom. The largest absolute Gasteiger partial charge is 0.396 e. The first-order valence-corrected chi connectivity index (χ1v) is 14.2. The van der Waals surface area contributed by atoms with E-state index in [4.69, 9.17) is 9.84 Å². The molecular weight excluding hydrogens is 574 g/mol. The van der Waals surface area contributed by atoms with Crippen LogP contribution < -0.4 is 10.2 Å². The van der Waals surface area contributed by atoms with Crippen LogP contribution in [0.2, 0.25) is 0 Å². The fourth-order valence-electron chi connectivity index (χ4n) is 5.40. The van der Waals surface area contributed by atoms with Gasteiger partial charge < -0.3 is 40.7 Å². The highest BCUT2D eigenvalue weighted by molar-refractivity contribution is 6.12. The zero-order chi connectivity index (χ0) is 31.6. The van der Waals surface area contributed by atoms with Crippen LogP contribution in [0.1, 0.15) is 24.6 Å². The number of carbonyl (C=O) groups excluding carboxylic acids is 2. The molecule has 0 radical (unpaired) electrons. The molecule has 3 aromatic rings. The van der Waals surface area contributed by atoms with Crippen LogP contribution in [0.15, 0.2) is 66.9 Å². The molecule has 2 aromatic carbocycles. The van der Waals surface area contributed by atoms with Gasteiger partial charge in [-0.2, -0.15) is 0 Å². The van der Waals surface area contributed by atoms with E-state index in [0.717, 1.165) is 0 Å². The van der Waals surface area contributed by atoms with E-state index in [1.54, 1.807) is 60.3 Å². The number of rotatable bonds is 10. The summed E-state index contributed by atoms with van der Waals surface area (Å²) in [5.74, 6) is -2.22. The highest BCUT2D eigenvalue weighted by atomic mass is 16.6. The Morgan fingerprint density at radius 2 is 1.86 bits per heavy atom. The molecule has 14 heteroatoms. The fourth-order valence-corrected chi connectivity index (χ4v) is 5.40. The Labute approximate surface area is 252 Å². The van der Waals surface area contributed by atoms with E-state index in [-0.39, 0.29) is 17.9 Å². The van der Waals surface area contributed by atoms with Crippen LogP contribution in [0.25, 0.3) is 0 Å². The minimum atomic E-state index is -2.03. The molecule has 1 saturated heterocycles. The first kappa shape index (κ1) is 31.4. The van der Waals surface area contributed by atoms with Crippen molar-refractivity contribution in [1.29, 1.82) is 0 Å². The van der Waals surface area contributed by atoms with E-state index in [2.05, 4.69) is 15.6 Å². The molecule has 44 heavy (non-hydrogen) atoms. The highest BCUT2D eigenvalue weighted by Crippen LogP contribution is 2.49. The number of aliphatic hydroxyl groups is 6. The van der Waals surface area contributed by atoms with Gasteiger partial charge in [-0.15, -0.1) is 5.10 Å². The third-order valence-electron chi connectivity index (χ3n) is 7.87. The maximum atomic E-state index is 14.0. The van der Waals surface area contributed by atoms with Gasteiger partial charge in [0.15, 0.2) is 18.0 Å². The van der Waals surface area contributed by atoms with Gasteiger partial charge in [-0.05, 0) is 36.8 Å². The number of aliphatic hydroxyl groups excluding tert-OH is 5. The summed E-state index contributed by atoms with van der Waals surface area (Å²) < 4.78 is 6.66. The third-order valence-corrected chi connectivity index (χ3v) is 7.87. The minimum Gasteiger partial charge on any atom is -0.396 e. The lowest BCUT2D eigenvalue weighted by Gasteiger charge is -2.37. The fraction of sp³-hybridized carbons (Fsp3) is 0.400. The zero-order valence-corrected chi connectivity index (χ0v) is 23.8. The molecule has 7 atom stereocenters. The van der Waals surface area contributed by atoms with Gasteiger partial charge >= 0.3 is 0 Å². The number of amides is 2. The number of fused-ring (bicyclic) bond motifs is 1. The standard InChI is InChI=1S/C30H35N5O9/c1-17(7-5-6-13-34-16-19(12-14-36)32-33-34)30(43)21-15-18(31-27(40)26-24(38)23(37)25(39)28(41)44-26)10-11-22(21)35(29(30)42)20-8-3-2-4-9-20/h2-5,7-11,15-17,23-26,28,36-39,41,43H,6,12-14H2,1H3,(H,31,40)/b7-5+/t17-,23+,24+,25-,26+,28-,30+/m1/s1. The average molecular weight is 610 g/mol. The molecule has 1 fully saturated rings. The molecule has 0 bridgehead atoms. The molecule has 0 spiro atoms. The van der Waals surface area contributed by atoms with Crippen molar-refractivity contribution in [3.8, 4) is 0 Å². The van der Waals surface area contributed by atoms with Gasteiger partial charge in [-0.25, -0.2) is 0 Å². The Morgan fingerprint density at radius 3 is 2.59 bits per heavy atom. The van der Waals surface area contributed by atoms with E-state index in [1.807, 2.05) is 6.08 Å². The summed E-state index contributed by atoms with van der Waals surface area (Å²) >= 11 is 0. The Balaban J connectivity index is 1.40.